The maximum atomic E-state index is 12.5. The third-order valence-corrected chi connectivity index (χ3v) is 3.69. The molecule has 0 heterocycles. The Bertz CT molecular complexity index is 319. The van der Waals surface area contributed by atoms with Gasteiger partial charge in [0.1, 0.15) is 12.2 Å². The van der Waals surface area contributed by atoms with Gasteiger partial charge in [0.2, 0.25) is 5.91 Å². The third-order valence-electron chi connectivity index (χ3n) is 3.69. The number of nitrogens with one attached hydrogen (secondary N) is 1. The van der Waals surface area contributed by atoms with E-state index in [2.05, 4.69) is 18.8 Å². The van der Waals surface area contributed by atoms with Crippen LogP contribution < -0.4 is 5.32 Å². The number of rotatable bonds is 11. The number of amides is 1. The van der Waals surface area contributed by atoms with Crippen LogP contribution in [-0.2, 0) is 14.3 Å². The van der Waals surface area contributed by atoms with E-state index in [1.165, 1.54) is 0 Å². The fraction of sp³-hybridized carbons (Fsp3) is 0.812. The zero-order chi connectivity index (χ0) is 16.5. The van der Waals surface area contributed by atoms with Crippen molar-refractivity contribution < 1.29 is 14.3 Å². The normalized spacial score (nSPS) is 14.6. The summed E-state index contributed by atoms with van der Waals surface area (Å²) in [7, 11) is 5.12. The Morgan fingerprint density at radius 1 is 1.38 bits per heavy atom. The molecule has 0 saturated carbocycles. The van der Waals surface area contributed by atoms with Crippen LogP contribution in [0.2, 0.25) is 0 Å². The maximum Gasteiger partial charge on any atom is 0.224 e. The monoisotopic (exact) mass is 300 g/mol. The highest BCUT2D eigenvalue weighted by Crippen LogP contribution is 2.13. The summed E-state index contributed by atoms with van der Waals surface area (Å²) in [6.45, 7) is 11.1. The number of ether oxygens (including phenoxy) is 2. The van der Waals surface area contributed by atoms with Crippen LogP contribution >= 0.6 is 0 Å². The highest BCUT2D eigenvalue weighted by molar-refractivity contribution is 5.77. The van der Waals surface area contributed by atoms with Gasteiger partial charge in [-0.15, -0.1) is 6.58 Å². The Kier molecular flexibility index (Phi) is 9.49. The minimum absolute atomic E-state index is 0.122. The van der Waals surface area contributed by atoms with Gasteiger partial charge in [-0.1, -0.05) is 13.0 Å². The molecule has 0 rings (SSSR count). The number of carbonyl (C=O) groups is 1. The summed E-state index contributed by atoms with van der Waals surface area (Å²) < 4.78 is 10.8. The molecule has 0 aliphatic rings. The molecule has 0 aromatic rings. The molecular formula is C16H32N2O3. The Labute approximate surface area is 129 Å². The summed E-state index contributed by atoms with van der Waals surface area (Å²) in [6, 6.07) is 0. The standard InChI is InChI=1S/C16H32N2O3/c1-8-10-18(15(19)11-16(3,4)17-5)12-14(21-7)13(9-2)20-6/h9,13-14,17H,2,8,10-12H2,1,3-7H3. The van der Waals surface area contributed by atoms with Gasteiger partial charge in [0.25, 0.3) is 0 Å². The molecule has 0 aromatic carbocycles. The van der Waals surface area contributed by atoms with E-state index in [0.717, 1.165) is 6.42 Å². The molecule has 1 N–H and O–H groups in total. The molecule has 1 amide bonds. The second-order valence-corrected chi connectivity index (χ2v) is 5.86. The third kappa shape index (κ3) is 7.07. The average Bonchev–Trinajstić information content (AvgIpc) is 2.45. The van der Waals surface area contributed by atoms with Gasteiger partial charge in [0.05, 0.1) is 0 Å². The minimum Gasteiger partial charge on any atom is -0.377 e. The highest BCUT2D eigenvalue weighted by atomic mass is 16.5. The van der Waals surface area contributed by atoms with Crippen molar-refractivity contribution in [1.29, 1.82) is 0 Å². The molecule has 0 aliphatic heterocycles. The molecular weight excluding hydrogens is 268 g/mol. The first-order chi connectivity index (χ1) is 9.84. The molecule has 0 fully saturated rings. The Balaban J connectivity index is 4.87. The fourth-order valence-corrected chi connectivity index (χ4v) is 2.10. The summed E-state index contributed by atoms with van der Waals surface area (Å²) in [5.41, 5.74) is -0.218. The molecule has 0 aromatic heterocycles. The molecule has 2 atom stereocenters. The number of methoxy groups -OCH3 is 2. The second-order valence-electron chi connectivity index (χ2n) is 5.86. The van der Waals surface area contributed by atoms with E-state index in [1.807, 2.05) is 25.8 Å². The van der Waals surface area contributed by atoms with Crippen molar-refractivity contribution in [3.05, 3.63) is 12.7 Å². The lowest BCUT2D eigenvalue weighted by Crippen LogP contribution is -2.47. The molecule has 5 heteroatoms. The summed E-state index contributed by atoms with van der Waals surface area (Å²) in [5, 5.41) is 3.16. The average molecular weight is 300 g/mol. The van der Waals surface area contributed by atoms with Crippen molar-refractivity contribution in [1.82, 2.24) is 10.2 Å². The van der Waals surface area contributed by atoms with Crippen LogP contribution in [0.1, 0.15) is 33.6 Å². The largest absolute Gasteiger partial charge is 0.377 e. The number of hydrogen-bond acceptors (Lipinski definition) is 4. The second kappa shape index (κ2) is 9.92. The molecule has 124 valence electrons. The lowest BCUT2D eigenvalue weighted by atomic mass is 10.00. The van der Waals surface area contributed by atoms with Gasteiger partial charge >= 0.3 is 0 Å². The van der Waals surface area contributed by atoms with E-state index < -0.39 is 0 Å². The van der Waals surface area contributed by atoms with Crippen LogP contribution in [0.25, 0.3) is 0 Å². The Morgan fingerprint density at radius 3 is 2.38 bits per heavy atom. The first-order valence-corrected chi connectivity index (χ1v) is 7.50. The van der Waals surface area contributed by atoms with Crippen molar-refractivity contribution in [2.45, 2.75) is 51.4 Å². The van der Waals surface area contributed by atoms with Crippen molar-refractivity contribution >= 4 is 5.91 Å². The number of carbonyl (C=O) groups excluding carboxylic acids is 1. The summed E-state index contributed by atoms with van der Waals surface area (Å²) in [6.07, 6.45) is 2.64. The number of nitrogens with zero attached hydrogens (tertiary/aromatic N) is 1. The maximum absolute atomic E-state index is 12.5. The van der Waals surface area contributed by atoms with Gasteiger partial charge in [-0.25, -0.2) is 0 Å². The van der Waals surface area contributed by atoms with Gasteiger partial charge < -0.3 is 19.7 Å². The van der Waals surface area contributed by atoms with E-state index in [-0.39, 0.29) is 23.7 Å². The lowest BCUT2D eigenvalue weighted by Gasteiger charge is -2.32. The smallest absolute Gasteiger partial charge is 0.224 e. The molecule has 0 saturated heterocycles. The van der Waals surface area contributed by atoms with E-state index in [0.29, 0.717) is 19.5 Å². The van der Waals surface area contributed by atoms with E-state index in [1.54, 1.807) is 20.3 Å². The van der Waals surface area contributed by atoms with Gasteiger partial charge in [0, 0.05) is 39.3 Å². The molecule has 21 heavy (non-hydrogen) atoms. The first-order valence-electron chi connectivity index (χ1n) is 7.50. The Morgan fingerprint density at radius 2 is 2.00 bits per heavy atom. The Hall–Kier alpha value is -0.910. The molecule has 0 bridgehead atoms. The van der Waals surface area contributed by atoms with Crippen LogP contribution in [0, 0.1) is 0 Å². The van der Waals surface area contributed by atoms with Gasteiger partial charge in [-0.05, 0) is 27.3 Å². The minimum atomic E-state index is -0.223. The van der Waals surface area contributed by atoms with Gasteiger partial charge in [0.15, 0.2) is 0 Å². The fourth-order valence-electron chi connectivity index (χ4n) is 2.10. The van der Waals surface area contributed by atoms with Gasteiger partial charge in [-0.2, -0.15) is 0 Å². The predicted molar refractivity (Wildman–Crippen MR) is 86.4 cm³/mol. The summed E-state index contributed by atoms with van der Waals surface area (Å²) in [5.74, 6) is 0.122. The van der Waals surface area contributed by atoms with Crippen LogP contribution in [0.15, 0.2) is 12.7 Å². The van der Waals surface area contributed by atoms with Crippen LogP contribution in [-0.4, -0.2) is 62.9 Å². The van der Waals surface area contributed by atoms with Crippen molar-refractivity contribution in [2.75, 3.05) is 34.4 Å². The van der Waals surface area contributed by atoms with Crippen molar-refractivity contribution in [3.63, 3.8) is 0 Å². The zero-order valence-electron chi connectivity index (χ0n) is 14.4. The van der Waals surface area contributed by atoms with Crippen LogP contribution in [0.5, 0.6) is 0 Å². The molecule has 5 nitrogen and oxygen atoms in total. The van der Waals surface area contributed by atoms with E-state index >= 15 is 0 Å². The topological polar surface area (TPSA) is 50.8 Å². The molecule has 0 radical (unpaired) electrons. The zero-order valence-corrected chi connectivity index (χ0v) is 14.4. The molecule has 0 spiro atoms. The van der Waals surface area contributed by atoms with Crippen molar-refractivity contribution in [2.24, 2.45) is 0 Å². The predicted octanol–water partition coefficient (Wildman–Crippen LogP) is 1.83. The SMILES string of the molecule is C=CC(OC)C(CN(CCC)C(=O)CC(C)(C)NC)OC. The first kappa shape index (κ1) is 20.1. The molecule has 0 aliphatic carbocycles. The number of hydrogen-bond donors (Lipinski definition) is 1. The highest BCUT2D eigenvalue weighted by Gasteiger charge is 2.27. The van der Waals surface area contributed by atoms with Crippen molar-refractivity contribution in [3.8, 4) is 0 Å². The van der Waals surface area contributed by atoms with Crippen LogP contribution in [0.3, 0.4) is 0 Å². The van der Waals surface area contributed by atoms with E-state index in [9.17, 15) is 4.79 Å². The lowest BCUT2D eigenvalue weighted by molar-refractivity contribution is -0.135. The quantitative estimate of drug-likeness (QED) is 0.592. The van der Waals surface area contributed by atoms with E-state index in [4.69, 9.17) is 9.47 Å². The molecule has 2 unspecified atom stereocenters. The van der Waals surface area contributed by atoms with Crippen LogP contribution in [0.4, 0.5) is 0 Å². The van der Waals surface area contributed by atoms with Gasteiger partial charge in [-0.3, -0.25) is 4.79 Å². The summed E-state index contributed by atoms with van der Waals surface area (Å²) >= 11 is 0. The summed E-state index contributed by atoms with van der Waals surface area (Å²) in [4.78, 5) is 14.4.